The minimum absolute atomic E-state index is 0.0345. The average molecular weight is 1060 g/mol. The number of aromatic nitrogens is 2. The summed E-state index contributed by atoms with van der Waals surface area (Å²) in [6, 6.07) is 19.5. The number of hydrogen-bond acceptors (Lipinski definition) is 13. The number of H-pyrrole nitrogens is 1. The van der Waals surface area contributed by atoms with Crippen molar-refractivity contribution in [2.45, 2.75) is 118 Å². The van der Waals surface area contributed by atoms with Crippen molar-refractivity contribution in [1.29, 1.82) is 0 Å². The highest BCUT2D eigenvalue weighted by molar-refractivity contribution is 7.13. The molecule has 2 aliphatic heterocycles. The largest absolute Gasteiger partial charge is 0.491 e. The summed E-state index contributed by atoms with van der Waals surface area (Å²) in [5.74, 6) is -0.964. The van der Waals surface area contributed by atoms with Gasteiger partial charge in [0.1, 0.15) is 31.0 Å². The number of carbonyl (C=O) groups is 4. The van der Waals surface area contributed by atoms with Crippen LogP contribution < -0.4 is 31.1 Å². The number of thiazole rings is 1. The number of carbonyl (C=O) groups excluding carboxylic acids is 4. The summed E-state index contributed by atoms with van der Waals surface area (Å²) < 4.78 is 23.0. The number of aliphatic hydroxyl groups is 1. The summed E-state index contributed by atoms with van der Waals surface area (Å²) in [7, 11) is 0. The van der Waals surface area contributed by atoms with Gasteiger partial charge in [-0.3, -0.25) is 24.0 Å². The minimum Gasteiger partial charge on any atom is -0.491 e. The number of anilines is 1. The first kappa shape index (κ1) is 57.3. The number of ether oxygens (including phenoxy) is 4. The van der Waals surface area contributed by atoms with Gasteiger partial charge in [0.2, 0.25) is 17.7 Å². The van der Waals surface area contributed by atoms with Gasteiger partial charge in [0.15, 0.2) is 0 Å². The molecule has 17 nitrogen and oxygen atoms in total. The van der Waals surface area contributed by atoms with Crippen molar-refractivity contribution in [3.05, 3.63) is 122 Å². The molecule has 3 aromatic carbocycles. The van der Waals surface area contributed by atoms with Gasteiger partial charge in [-0.05, 0) is 124 Å². The fourth-order valence-corrected chi connectivity index (χ4v) is 10.8. The normalized spacial score (nSPS) is 16.7. The van der Waals surface area contributed by atoms with Gasteiger partial charge >= 0.3 is 0 Å². The Kier molecular flexibility index (Phi) is 19.6. The zero-order chi connectivity index (χ0) is 54.7. The van der Waals surface area contributed by atoms with Gasteiger partial charge in [-0.25, -0.2) is 4.98 Å². The third-order valence-corrected chi connectivity index (χ3v) is 15.2. The third kappa shape index (κ3) is 14.5. The van der Waals surface area contributed by atoms with Crippen LogP contribution >= 0.6 is 11.3 Å². The maximum atomic E-state index is 14.1. The zero-order valence-corrected chi connectivity index (χ0v) is 46.2. The van der Waals surface area contributed by atoms with Crippen molar-refractivity contribution >= 4 is 40.7 Å². The first-order chi connectivity index (χ1) is 36.3. The van der Waals surface area contributed by atoms with E-state index in [1.807, 2.05) is 122 Å². The summed E-state index contributed by atoms with van der Waals surface area (Å²) in [6.07, 6.45) is 0.963. The lowest BCUT2D eigenvalue weighted by atomic mass is 9.85. The Hall–Kier alpha value is -6.44. The summed E-state index contributed by atoms with van der Waals surface area (Å²) in [5, 5.41) is 19.5. The summed E-state index contributed by atoms with van der Waals surface area (Å²) >= 11 is 1.57. The Morgan fingerprint density at radius 2 is 1.59 bits per heavy atom. The highest BCUT2D eigenvalue weighted by Gasteiger charge is 2.45. The molecule has 0 bridgehead atoms. The maximum Gasteiger partial charge on any atom is 0.253 e. The molecule has 0 spiro atoms. The van der Waals surface area contributed by atoms with Crippen LogP contribution in [-0.4, -0.2) is 127 Å². The number of β-amino-alcohol motifs (C(OH)–C–C–N with tert-alkyl or cyclic N) is 1. The van der Waals surface area contributed by atoms with Crippen LogP contribution in [0.25, 0.3) is 21.6 Å². The molecule has 0 saturated carbocycles. The van der Waals surface area contributed by atoms with E-state index >= 15 is 0 Å². The van der Waals surface area contributed by atoms with Crippen LogP contribution in [0.2, 0.25) is 0 Å². The number of aliphatic hydroxyl groups excluding tert-OH is 1. The zero-order valence-electron chi connectivity index (χ0n) is 45.4. The number of amides is 4. The van der Waals surface area contributed by atoms with Crippen LogP contribution in [0.4, 0.5) is 5.69 Å². The number of aryl methyl sites for hydroxylation is 3. The molecule has 4 amide bonds. The Morgan fingerprint density at radius 3 is 2.25 bits per heavy atom. The predicted octanol–water partition coefficient (Wildman–Crippen LogP) is 7.12. The molecule has 18 heteroatoms. The number of nitrogens with one attached hydrogen (secondary N) is 4. The molecule has 5 N–H and O–H groups in total. The molecule has 4 heterocycles. The molecule has 76 heavy (non-hydrogen) atoms. The van der Waals surface area contributed by atoms with Crippen LogP contribution in [0.3, 0.4) is 0 Å². The Balaban J connectivity index is 0.874. The lowest BCUT2D eigenvalue weighted by molar-refractivity contribution is -0.144. The van der Waals surface area contributed by atoms with Gasteiger partial charge in [-0.15, -0.1) is 11.3 Å². The SMILES string of the molecule is CCN(c1cc(-c2ccc(OCCOCCOCC(=O)N[C@H](C(=O)N3C[C@@H](O)C[C@@H]3C(=O)N[C@@H](C)c3ccc(-c4scnc4C)cc3)C(C)(C)C)cc2)cc(C(=O)NCc2c(C)cc(C)[nH]c2=O)c1C)C1CCOCC1. The third-order valence-electron chi connectivity index (χ3n) is 14.2. The first-order valence-electron chi connectivity index (χ1n) is 26.3. The number of rotatable bonds is 22. The van der Waals surface area contributed by atoms with Crippen molar-refractivity contribution < 1.29 is 43.2 Å². The van der Waals surface area contributed by atoms with Crippen LogP contribution in [0, 0.1) is 33.1 Å². The van der Waals surface area contributed by atoms with Gasteiger partial charge in [-0.2, -0.15) is 0 Å². The van der Waals surface area contributed by atoms with E-state index in [1.54, 1.807) is 11.3 Å². The second kappa shape index (κ2) is 26.1. The standard InChI is InChI=1S/C58H75N7O10S/c1-10-64(44-19-21-72-22-20-44)49-29-43(28-47(37(49)4)54(68)59-31-48-35(2)27-36(3)61-55(48)69)41-15-17-46(18-16-41)75-26-25-73-23-24-74-33-51(67)63-53(58(7,8)9)57(71)65-32-45(66)30-50(65)56(70)62-38(5)40-11-13-42(14-12-40)52-39(6)60-34-76-52/h11-18,27-29,34,38,44-45,50,53,66H,10,19-26,30-33H2,1-9H3,(H,59,68)(H,61,69)(H,62,70)(H,63,67)/t38-,45-,50+,53+/m0/s1. The van der Waals surface area contributed by atoms with E-state index in [-0.39, 0.29) is 82.0 Å². The summed E-state index contributed by atoms with van der Waals surface area (Å²) in [4.78, 5) is 79.7. The van der Waals surface area contributed by atoms with Crippen LogP contribution in [-0.2, 0) is 35.1 Å². The van der Waals surface area contributed by atoms with Gasteiger partial charge in [0, 0.05) is 67.8 Å². The van der Waals surface area contributed by atoms with E-state index in [9.17, 15) is 29.1 Å². The monoisotopic (exact) mass is 1060 g/mol. The first-order valence-corrected chi connectivity index (χ1v) is 27.1. The maximum absolute atomic E-state index is 14.1. The van der Waals surface area contributed by atoms with Crippen molar-refractivity contribution in [1.82, 2.24) is 30.8 Å². The number of hydrogen-bond donors (Lipinski definition) is 5. The summed E-state index contributed by atoms with van der Waals surface area (Å²) in [6.45, 7) is 19.9. The molecular formula is C58H75N7O10S. The van der Waals surface area contributed by atoms with E-state index in [4.69, 9.17) is 18.9 Å². The second-order valence-corrected chi connectivity index (χ2v) is 21.7. The molecule has 2 aromatic heterocycles. The van der Waals surface area contributed by atoms with Crippen molar-refractivity contribution in [2.24, 2.45) is 5.41 Å². The highest BCUT2D eigenvalue weighted by atomic mass is 32.1. The van der Waals surface area contributed by atoms with E-state index in [2.05, 4.69) is 43.8 Å². The average Bonchev–Trinajstić information content (AvgIpc) is 4.02. The molecule has 0 aliphatic carbocycles. The van der Waals surface area contributed by atoms with Gasteiger partial charge in [0.25, 0.3) is 11.5 Å². The van der Waals surface area contributed by atoms with Gasteiger partial charge < -0.3 is 54.8 Å². The highest BCUT2D eigenvalue weighted by Crippen LogP contribution is 2.35. The van der Waals surface area contributed by atoms with Crippen LogP contribution in [0.5, 0.6) is 5.75 Å². The van der Waals surface area contributed by atoms with Crippen molar-refractivity contribution in [2.75, 3.05) is 64.2 Å². The number of benzene rings is 3. The summed E-state index contributed by atoms with van der Waals surface area (Å²) in [5.41, 5.74) is 10.0. The molecule has 2 fully saturated rings. The van der Waals surface area contributed by atoms with Crippen LogP contribution in [0.1, 0.15) is 104 Å². The molecule has 7 rings (SSSR count). The second-order valence-electron chi connectivity index (χ2n) is 20.8. The molecule has 0 unspecified atom stereocenters. The van der Waals surface area contributed by atoms with Crippen molar-refractivity contribution in [3.8, 4) is 27.3 Å². The Morgan fingerprint density at radius 1 is 0.908 bits per heavy atom. The molecule has 408 valence electrons. The minimum atomic E-state index is -0.994. The fraction of sp³-hybridized carbons (Fsp3) is 0.483. The van der Waals surface area contributed by atoms with E-state index in [0.717, 1.165) is 74.7 Å². The number of likely N-dealkylation sites (tertiary alicyclic amines) is 1. The number of aromatic amines is 1. The lowest BCUT2D eigenvalue weighted by Gasteiger charge is -2.37. The Bertz CT molecular complexity index is 2860. The predicted molar refractivity (Wildman–Crippen MR) is 295 cm³/mol. The van der Waals surface area contributed by atoms with Crippen molar-refractivity contribution in [3.63, 3.8) is 0 Å². The van der Waals surface area contributed by atoms with Crippen LogP contribution in [0.15, 0.2) is 77.0 Å². The molecule has 2 aliphatic rings. The van der Waals surface area contributed by atoms with Gasteiger partial charge in [0.05, 0.1) is 48.0 Å². The van der Waals surface area contributed by atoms with Gasteiger partial charge in [-0.1, -0.05) is 57.2 Å². The molecule has 5 aromatic rings. The van der Waals surface area contributed by atoms with E-state index < -0.39 is 35.4 Å². The molecule has 0 radical (unpaired) electrons. The quantitative estimate of drug-likeness (QED) is 0.0439. The molecular weight excluding hydrogens is 987 g/mol. The smallest absolute Gasteiger partial charge is 0.253 e. The lowest BCUT2D eigenvalue weighted by Crippen LogP contribution is -2.58. The van der Waals surface area contributed by atoms with E-state index in [0.29, 0.717) is 30.1 Å². The number of pyridine rings is 1. The molecule has 4 atom stereocenters. The molecule has 2 saturated heterocycles. The topological polar surface area (TPSA) is 214 Å². The number of nitrogens with zero attached hydrogens (tertiary/aromatic N) is 3. The Labute approximate surface area is 450 Å². The fourth-order valence-electron chi connectivity index (χ4n) is 9.95. The van der Waals surface area contributed by atoms with E-state index in [1.165, 1.54) is 4.90 Å².